The molecule has 3 amide bonds. The van der Waals surface area contributed by atoms with Crippen LogP contribution >= 0.6 is 0 Å². The van der Waals surface area contributed by atoms with Crippen LogP contribution in [0.15, 0.2) is 65.1 Å². The summed E-state index contributed by atoms with van der Waals surface area (Å²) >= 11 is 0. The summed E-state index contributed by atoms with van der Waals surface area (Å²) < 4.78 is 28.4. The van der Waals surface area contributed by atoms with Gasteiger partial charge in [0.05, 0.1) is 17.0 Å². The van der Waals surface area contributed by atoms with Crippen molar-refractivity contribution in [3.8, 4) is 0 Å². The average Bonchev–Trinajstić information content (AvgIpc) is 2.97. The summed E-state index contributed by atoms with van der Waals surface area (Å²) in [5.74, 6) is -1.59. The van der Waals surface area contributed by atoms with Crippen molar-refractivity contribution in [3.05, 3.63) is 71.3 Å². The molecule has 5 N–H and O–H groups in total. The van der Waals surface area contributed by atoms with Crippen LogP contribution in [0.4, 0.5) is 5.69 Å². The summed E-state index contributed by atoms with van der Waals surface area (Å²) in [4.78, 5) is 42.6. The smallest absolute Gasteiger partial charge is 0.264 e. The van der Waals surface area contributed by atoms with Crippen molar-refractivity contribution >= 4 is 33.4 Å². The van der Waals surface area contributed by atoms with Gasteiger partial charge in [-0.3, -0.25) is 14.4 Å². The summed E-state index contributed by atoms with van der Waals surface area (Å²) in [6.45, 7) is 16.7. The molecule has 0 saturated carbocycles. The van der Waals surface area contributed by atoms with Crippen LogP contribution in [-0.2, 0) is 36.2 Å². The number of nitrogen functional groups attached to an aromatic ring is 1. The van der Waals surface area contributed by atoms with Gasteiger partial charge in [0.2, 0.25) is 11.8 Å². The molecule has 0 aliphatic rings. The zero-order valence-corrected chi connectivity index (χ0v) is 30.0. The predicted molar refractivity (Wildman–Crippen MR) is 184 cm³/mol. The second kappa shape index (κ2) is 15.3. The number of hydrogen-bond acceptors (Lipinski definition) is 7. The van der Waals surface area contributed by atoms with Crippen LogP contribution in [-0.4, -0.2) is 63.3 Å². The third-order valence-electron chi connectivity index (χ3n) is 8.43. The number of hydrogen-bond donors (Lipinski definition) is 4. The molecule has 46 heavy (non-hydrogen) atoms. The molecule has 11 heteroatoms. The Balaban J connectivity index is 2.36. The van der Waals surface area contributed by atoms with Crippen molar-refractivity contribution in [2.24, 2.45) is 11.3 Å². The minimum Gasteiger partial charge on any atom is -0.399 e. The topological polar surface area (TPSA) is 151 Å². The normalized spacial score (nSPS) is 14.7. The van der Waals surface area contributed by atoms with Crippen LogP contribution in [0.2, 0.25) is 0 Å². The van der Waals surface area contributed by atoms with Crippen LogP contribution in [0.25, 0.3) is 0 Å². The number of carbonyl (C=O) groups excluding carboxylic acids is 3. The van der Waals surface area contributed by atoms with Crippen molar-refractivity contribution in [3.63, 3.8) is 0 Å². The highest BCUT2D eigenvalue weighted by Crippen LogP contribution is 2.29. The summed E-state index contributed by atoms with van der Waals surface area (Å²) in [6, 6.07) is 12.0. The molecule has 0 saturated heterocycles. The molecule has 0 radical (unpaired) electrons. The second-order valence-corrected chi connectivity index (χ2v) is 15.5. The number of sulfonamides is 1. The zero-order chi connectivity index (χ0) is 35.2. The van der Waals surface area contributed by atoms with E-state index >= 15 is 0 Å². The first kappa shape index (κ1) is 38.5. The Morgan fingerprint density at radius 1 is 0.978 bits per heavy atom. The first-order valence-corrected chi connectivity index (χ1v) is 17.1. The van der Waals surface area contributed by atoms with Gasteiger partial charge < -0.3 is 21.3 Å². The van der Waals surface area contributed by atoms with E-state index in [-0.39, 0.29) is 28.2 Å². The number of nitrogens with two attached hydrogens (primary N) is 1. The molecule has 3 unspecified atom stereocenters. The third kappa shape index (κ3) is 9.19. The van der Waals surface area contributed by atoms with Crippen molar-refractivity contribution in [2.45, 2.75) is 97.2 Å². The number of carbonyl (C=O) groups is 3. The summed E-state index contributed by atoms with van der Waals surface area (Å²) in [6.07, 6.45) is 2.00. The van der Waals surface area contributed by atoms with Gasteiger partial charge in [0.1, 0.15) is 6.04 Å². The number of aryl methyl sites for hydroxylation is 1. The zero-order valence-electron chi connectivity index (χ0n) is 29.2. The highest BCUT2D eigenvalue weighted by atomic mass is 32.2. The van der Waals surface area contributed by atoms with Crippen molar-refractivity contribution in [1.29, 1.82) is 0 Å². The SMILES string of the molecule is CCc1cc(N)ccc1S(=O)(=O)NC(=O)C(C)=CC(C(C)C)N(C)C(=O)C(NC(=O)C(NC)C(C)(C)c1ccccc1)C(C)(C)C. The van der Waals surface area contributed by atoms with E-state index in [1.165, 1.54) is 24.0 Å². The van der Waals surface area contributed by atoms with Crippen LogP contribution in [0, 0.1) is 11.3 Å². The minimum absolute atomic E-state index is 0.0165. The van der Waals surface area contributed by atoms with E-state index in [9.17, 15) is 22.8 Å². The molecule has 254 valence electrons. The molecule has 10 nitrogen and oxygen atoms in total. The van der Waals surface area contributed by atoms with Crippen molar-refractivity contribution in [2.75, 3.05) is 19.8 Å². The number of anilines is 1. The van der Waals surface area contributed by atoms with Crippen LogP contribution in [0.3, 0.4) is 0 Å². The lowest BCUT2D eigenvalue weighted by Crippen LogP contribution is -2.61. The molecule has 2 rings (SSSR count). The maximum absolute atomic E-state index is 14.1. The molecule has 0 aliphatic heterocycles. The largest absolute Gasteiger partial charge is 0.399 e. The number of nitrogens with zero attached hydrogens (tertiary/aromatic N) is 1. The summed E-state index contributed by atoms with van der Waals surface area (Å²) in [5, 5.41) is 6.16. The third-order valence-corrected chi connectivity index (χ3v) is 9.86. The summed E-state index contributed by atoms with van der Waals surface area (Å²) in [5.41, 5.74) is 6.61. The Morgan fingerprint density at radius 2 is 1.57 bits per heavy atom. The lowest BCUT2D eigenvalue weighted by molar-refractivity contribution is -0.140. The van der Waals surface area contributed by atoms with Gasteiger partial charge in [-0.1, -0.05) is 91.8 Å². The molecule has 0 spiro atoms. The van der Waals surface area contributed by atoms with E-state index in [1.54, 1.807) is 33.2 Å². The molecule has 2 aromatic rings. The Kier molecular flexibility index (Phi) is 12.8. The second-order valence-electron chi connectivity index (χ2n) is 13.8. The summed E-state index contributed by atoms with van der Waals surface area (Å²) in [7, 11) is -0.828. The molecule has 0 aromatic heterocycles. The predicted octanol–water partition coefficient (Wildman–Crippen LogP) is 4.16. The molecular formula is C35H53N5O5S. The Morgan fingerprint density at radius 3 is 2.07 bits per heavy atom. The van der Waals surface area contributed by atoms with Gasteiger partial charge in [-0.15, -0.1) is 0 Å². The molecule has 3 atom stereocenters. The lowest BCUT2D eigenvalue weighted by atomic mass is 9.76. The van der Waals surface area contributed by atoms with E-state index < -0.39 is 44.9 Å². The molecule has 2 aromatic carbocycles. The van der Waals surface area contributed by atoms with Gasteiger partial charge in [-0.2, -0.15) is 0 Å². The number of nitrogens with one attached hydrogen (secondary N) is 3. The van der Waals surface area contributed by atoms with E-state index in [1.807, 2.05) is 78.8 Å². The van der Waals surface area contributed by atoms with Crippen LogP contribution in [0.5, 0.6) is 0 Å². The molecule has 0 heterocycles. The first-order chi connectivity index (χ1) is 21.2. The maximum atomic E-state index is 14.1. The van der Waals surface area contributed by atoms with Crippen LogP contribution in [0.1, 0.15) is 73.4 Å². The number of amides is 3. The van der Waals surface area contributed by atoms with E-state index in [4.69, 9.17) is 5.73 Å². The van der Waals surface area contributed by atoms with Crippen molar-refractivity contribution < 1.29 is 22.8 Å². The fourth-order valence-electron chi connectivity index (χ4n) is 5.56. The minimum atomic E-state index is -4.18. The highest BCUT2D eigenvalue weighted by molar-refractivity contribution is 7.90. The molecule has 0 bridgehead atoms. The fraction of sp³-hybridized carbons (Fsp3) is 0.514. The van der Waals surface area contributed by atoms with Gasteiger partial charge in [0, 0.05) is 23.7 Å². The lowest BCUT2D eigenvalue weighted by Gasteiger charge is -2.40. The Bertz CT molecular complexity index is 1530. The molecule has 0 fully saturated rings. The van der Waals surface area contributed by atoms with Gasteiger partial charge >= 0.3 is 0 Å². The van der Waals surface area contributed by atoms with Crippen LogP contribution < -0.4 is 21.1 Å². The maximum Gasteiger partial charge on any atom is 0.264 e. The van der Waals surface area contributed by atoms with E-state index in [2.05, 4.69) is 15.4 Å². The van der Waals surface area contributed by atoms with Crippen molar-refractivity contribution in [1.82, 2.24) is 20.3 Å². The van der Waals surface area contributed by atoms with Gasteiger partial charge in [-0.25, -0.2) is 13.1 Å². The van der Waals surface area contributed by atoms with E-state index in [0.717, 1.165) is 5.56 Å². The number of rotatable bonds is 13. The number of likely N-dealkylation sites (N-methyl/N-ethyl adjacent to an activating group) is 2. The van der Waals surface area contributed by atoms with Gasteiger partial charge in [-0.05, 0) is 61.1 Å². The number of benzene rings is 2. The quantitative estimate of drug-likeness (QED) is 0.187. The highest BCUT2D eigenvalue weighted by Gasteiger charge is 2.41. The Labute approximate surface area is 275 Å². The molecule has 0 aliphatic carbocycles. The van der Waals surface area contributed by atoms with E-state index in [0.29, 0.717) is 17.7 Å². The first-order valence-electron chi connectivity index (χ1n) is 15.6. The van der Waals surface area contributed by atoms with Gasteiger partial charge in [0.25, 0.3) is 15.9 Å². The molecular weight excluding hydrogens is 602 g/mol. The standard InChI is InChI=1S/C35H53N5O5S/c1-12-24-21-26(36)18-19-28(24)46(44,45)39-31(41)23(4)20-27(22(2)3)40(11)33(43)30(34(5,6)7)38-32(42)29(37-10)35(8,9)25-16-14-13-15-17-25/h13-22,27,29-30,37H,12,36H2,1-11H3,(H,38,42)(H,39,41). The Hall–Kier alpha value is -3.70. The monoisotopic (exact) mass is 655 g/mol. The van der Waals surface area contributed by atoms with Gasteiger partial charge in [0.15, 0.2) is 0 Å². The average molecular weight is 656 g/mol. The fourth-order valence-corrected chi connectivity index (χ4v) is 6.87.